The molecule has 0 spiro atoms. The fourth-order valence-electron chi connectivity index (χ4n) is 3.09. The van der Waals surface area contributed by atoms with E-state index in [4.69, 9.17) is 11.6 Å². The Labute approximate surface area is 182 Å². The van der Waals surface area contributed by atoms with Crippen molar-refractivity contribution in [1.29, 1.82) is 0 Å². The quantitative estimate of drug-likeness (QED) is 0.454. The van der Waals surface area contributed by atoms with Crippen LogP contribution in [0.1, 0.15) is 57.9 Å². The van der Waals surface area contributed by atoms with Crippen molar-refractivity contribution < 1.29 is 26.4 Å². The standard InChI is InChI=1S/C20H30ClF3N2O3S/c1-4-6-8-15(5-2)14-25-19(27)9-7-12-26(30(3,28)29)18-11-10-16(21)13-17(18)20(22,23)24/h10-11,13,15H,4-9,12,14H2,1-3H3,(H,25,27)/t15-/m1/s1. The molecule has 1 atom stereocenters. The zero-order valence-corrected chi connectivity index (χ0v) is 19.1. The minimum atomic E-state index is -4.77. The van der Waals surface area contributed by atoms with Crippen molar-refractivity contribution in [3.8, 4) is 0 Å². The Bertz CT molecular complexity index is 801. The van der Waals surface area contributed by atoms with Crippen molar-refractivity contribution >= 4 is 33.2 Å². The molecule has 0 aliphatic rings. The number of carbonyl (C=O) groups excluding carboxylic acids is 1. The fraction of sp³-hybridized carbons (Fsp3) is 0.650. The Morgan fingerprint density at radius 3 is 2.43 bits per heavy atom. The van der Waals surface area contributed by atoms with Crippen molar-refractivity contribution in [1.82, 2.24) is 5.32 Å². The number of nitrogens with one attached hydrogen (secondary N) is 1. The molecule has 1 amide bonds. The molecule has 0 aromatic heterocycles. The second kappa shape index (κ2) is 11.8. The van der Waals surface area contributed by atoms with E-state index in [-0.39, 0.29) is 30.3 Å². The third-order valence-corrected chi connectivity index (χ3v) is 6.24. The number of hydrogen-bond acceptors (Lipinski definition) is 3. The average molecular weight is 471 g/mol. The first-order chi connectivity index (χ1) is 13.9. The highest BCUT2D eigenvalue weighted by molar-refractivity contribution is 7.92. The van der Waals surface area contributed by atoms with Gasteiger partial charge in [-0.3, -0.25) is 9.10 Å². The van der Waals surface area contributed by atoms with Gasteiger partial charge in [0, 0.05) is 24.5 Å². The number of alkyl halides is 3. The van der Waals surface area contributed by atoms with Crippen LogP contribution < -0.4 is 9.62 Å². The second-order valence-electron chi connectivity index (χ2n) is 7.32. The van der Waals surface area contributed by atoms with Gasteiger partial charge >= 0.3 is 6.18 Å². The number of anilines is 1. The molecule has 0 fully saturated rings. The number of halogens is 4. The summed E-state index contributed by atoms with van der Waals surface area (Å²) in [7, 11) is -3.99. The van der Waals surface area contributed by atoms with Gasteiger partial charge in [-0.1, -0.05) is 44.7 Å². The van der Waals surface area contributed by atoms with Crippen LogP contribution >= 0.6 is 11.6 Å². The second-order valence-corrected chi connectivity index (χ2v) is 9.66. The third kappa shape index (κ3) is 8.71. The minimum Gasteiger partial charge on any atom is -0.356 e. The maximum absolute atomic E-state index is 13.4. The lowest BCUT2D eigenvalue weighted by molar-refractivity contribution is -0.137. The van der Waals surface area contributed by atoms with E-state index >= 15 is 0 Å². The SMILES string of the molecule is CCCC[C@@H](CC)CNC(=O)CCCN(c1ccc(Cl)cc1C(F)(F)F)S(C)(=O)=O. The topological polar surface area (TPSA) is 66.5 Å². The summed E-state index contributed by atoms with van der Waals surface area (Å²) in [6.07, 6.45) is 0.299. The zero-order chi connectivity index (χ0) is 22.9. The van der Waals surface area contributed by atoms with E-state index in [1.807, 2.05) is 0 Å². The van der Waals surface area contributed by atoms with Crippen molar-refractivity contribution in [2.24, 2.45) is 5.92 Å². The first-order valence-corrected chi connectivity index (χ1v) is 12.2. The number of sulfonamides is 1. The molecule has 0 bridgehead atoms. The largest absolute Gasteiger partial charge is 0.418 e. The summed E-state index contributed by atoms with van der Waals surface area (Å²) in [4.78, 5) is 12.1. The summed E-state index contributed by atoms with van der Waals surface area (Å²) in [6.45, 7) is 4.45. The highest BCUT2D eigenvalue weighted by Gasteiger charge is 2.36. The smallest absolute Gasteiger partial charge is 0.356 e. The van der Waals surface area contributed by atoms with Crippen LogP contribution in [0.25, 0.3) is 0 Å². The number of hydrogen-bond donors (Lipinski definition) is 1. The van der Waals surface area contributed by atoms with Gasteiger partial charge in [-0.2, -0.15) is 13.2 Å². The average Bonchev–Trinajstić information content (AvgIpc) is 2.64. The van der Waals surface area contributed by atoms with Gasteiger partial charge in [0.1, 0.15) is 0 Å². The Hall–Kier alpha value is -1.48. The van der Waals surface area contributed by atoms with Gasteiger partial charge in [-0.25, -0.2) is 8.42 Å². The Morgan fingerprint density at radius 1 is 1.23 bits per heavy atom. The molecule has 0 saturated heterocycles. The van der Waals surface area contributed by atoms with E-state index < -0.39 is 27.5 Å². The summed E-state index contributed by atoms with van der Waals surface area (Å²) in [5, 5.41) is 2.69. The van der Waals surface area contributed by atoms with E-state index in [0.29, 0.717) is 22.8 Å². The molecular formula is C20H30ClF3N2O3S. The number of amides is 1. The van der Waals surface area contributed by atoms with Crippen molar-refractivity contribution in [2.45, 2.75) is 58.5 Å². The summed E-state index contributed by atoms with van der Waals surface area (Å²) in [5.74, 6) is 0.135. The molecule has 0 saturated carbocycles. The van der Waals surface area contributed by atoms with E-state index in [1.54, 1.807) is 0 Å². The molecule has 1 N–H and O–H groups in total. The molecular weight excluding hydrogens is 441 g/mol. The minimum absolute atomic E-state index is 0.0190. The first-order valence-electron chi connectivity index (χ1n) is 10.0. The number of benzene rings is 1. The number of rotatable bonds is 12. The summed E-state index contributed by atoms with van der Waals surface area (Å²) in [6, 6.07) is 2.94. The van der Waals surface area contributed by atoms with Crippen molar-refractivity contribution in [2.75, 3.05) is 23.7 Å². The number of carbonyl (C=O) groups is 1. The lowest BCUT2D eigenvalue weighted by atomic mass is 9.99. The van der Waals surface area contributed by atoms with Crippen LogP contribution in [0.4, 0.5) is 18.9 Å². The lowest BCUT2D eigenvalue weighted by Crippen LogP contribution is -2.34. The Kier molecular flexibility index (Phi) is 10.4. The van der Waals surface area contributed by atoms with E-state index in [1.165, 1.54) is 6.07 Å². The predicted molar refractivity (Wildman–Crippen MR) is 114 cm³/mol. The highest BCUT2D eigenvalue weighted by Crippen LogP contribution is 2.39. The van der Waals surface area contributed by atoms with Crippen LogP contribution in [0.15, 0.2) is 18.2 Å². The molecule has 10 heteroatoms. The molecule has 0 aliphatic heterocycles. The van der Waals surface area contributed by atoms with Gasteiger partial charge < -0.3 is 5.32 Å². The molecule has 30 heavy (non-hydrogen) atoms. The van der Waals surface area contributed by atoms with Crippen LogP contribution in [0.5, 0.6) is 0 Å². The monoisotopic (exact) mass is 470 g/mol. The van der Waals surface area contributed by atoms with Crippen LogP contribution in [0.3, 0.4) is 0 Å². The van der Waals surface area contributed by atoms with Crippen LogP contribution in [-0.4, -0.2) is 33.7 Å². The third-order valence-electron chi connectivity index (χ3n) is 4.83. The Morgan fingerprint density at radius 2 is 1.90 bits per heavy atom. The van der Waals surface area contributed by atoms with E-state index in [0.717, 1.165) is 38.0 Å². The predicted octanol–water partition coefficient (Wildman–Crippen LogP) is 5.24. The van der Waals surface area contributed by atoms with Gasteiger partial charge in [0.05, 0.1) is 17.5 Å². The lowest BCUT2D eigenvalue weighted by Gasteiger charge is -2.26. The molecule has 1 aromatic carbocycles. The van der Waals surface area contributed by atoms with Crippen LogP contribution in [0.2, 0.25) is 5.02 Å². The molecule has 1 rings (SSSR count). The first kappa shape index (κ1) is 26.6. The van der Waals surface area contributed by atoms with Gasteiger partial charge in [-0.05, 0) is 37.0 Å². The van der Waals surface area contributed by atoms with Crippen LogP contribution in [-0.2, 0) is 21.0 Å². The Balaban J connectivity index is 2.80. The summed E-state index contributed by atoms with van der Waals surface area (Å²) >= 11 is 5.67. The molecule has 0 radical (unpaired) electrons. The van der Waals surface area contributed by atoms with Gasteiger partial charge in [0.15, 0.2) is 0 Å². The van der Waals surface area contributed by atoms with Crippen molar-refractivity contribution in [3.05, 3.63) is 28.8 Å². The summed E-state index contributed by atoms with van der Waals surface area (Å²) < 4.78 is 65.1. The maximum atomic E-state index is 13.4. The molecule has 0 aliphatic carbocycles. The van der Waals surface area contributed by atoms with Gasteiger partial charge in [0.2, 0.25) is 15.9 Å². The maximum Gasteiger partial charge on any atom is 0.418 e. The van der Waals surface area contributed by atoms with Gasteiger partial charge in [0.25, 0.3) is 0 Å². The zero-order valence-electron chi connectivity index (χ0n) is 17.6. The molecule has 0 unspecified atom stereocenters. The highest BCUT2D eigenvalue weighted by atomic mass is 35.5. The van der Waals surface area contributed by atoms with Gasteiger partial charge in [-0.15, -0.1) is 0 Å². The summed E-state index contributed by atoms with van der Waals surface area (Å²) in [5.41, 5.74) is -1.63. The normalized spacial score (nSPS) is 13.2. The number of nitrogens with zero attached hydrogens (tertiary/aromatic N) is 1. The van der Waals surface area contributed by atoms with E-state index in [2.05, 4.69) is 19.2 Å². The molecule has 172 valence electrons. The number of unbranched alkanes of at least 4 members (excludes halogenated alkanes) is 1. The molecule has 0 heterocycles. The van der Waals surface area contributed by atoms with Crippen molar-refractivity contribution in [3.63, 3.8) is 0 Å². The van der Waals surface area contributed by atoms with E-state index in [9.17, 15) is 26.4 Å². The molecule has 1 aromatic rings. The molecule has 5 nitrogen and oxygen atoms in total. The van der Waals surface area contributed by atoms with Crippen LogP contribution in [0, 0.1) is 5.92 Å². The fourth-order valence-corrected chi connectivity index (χ4v) is 4.24.